The fourth-order valence-corrected chi connectivity index (χ4v) is 5.92. The van der Waals surface area contributed by atoms with Crippen LogP contribution in [0, 0.1) is 0 Å². The quantitative estimate of drug-likeness (QED) is 0.926. The molecule has 0 saturated carbocycles. The first-order valence-corrected chi connectivity index (χ1v) is 8.44. The number of thioether (sulfide) groups is 2. The van der Waals surface area contributed by atoms with Crippen LogP contribution in [0.4, 0.5) is 0 Å². The molecular formula is C14H18O4S2. The molecule has 1 aromatic heterocycles. The van der Waals surface area contributed by atoms with Gasteiger partial charge >= 0.3 is 0 Å². The Bertz CT molecular complexity index is 531. The topological polar surface area (TPSA) is 51.8 Å². The largest absolute Gasteiger partial charge is 0.496 e. The highest BCUT2D eigenvalue weighted by molar-refractivity contribution is 8.21. The third-order valence-electron chi connectivity index (χ3n) is 3.81. The Balaban J connectivity index is 2.18. The van der Waals surface area contributed by atoms with E-state index in [2.05, 4.69) is 6.92 Å². The SMILES string of the molecule is COC1=C(C2(C)SCCS2)C(O)C(OC)c2occc21. The van der Waals surface area contributed by atoms with Gasteiger partial charge in [-0.3, -0.25) is 0 Å². The molecule has 0 aromatic carbocycles. The molecule has 0 amide bonds. The molecule has 1 N–H and O–H groups in total. The molecule has 1 aromatic rings. The first-order valence-electron chi connectivity index (χ1n) is 6.47. The van der Waals surface area contributed by atoms with Gasteiger partial charge < -0.3 is 19.0 Å². The Kier molecular flexibility index (Phi) is 3.83. The Morgan fingerprint density at radius 3 is 2.65 bits per heavy atom. The normalized spacial score (nSPS) is 28.6. The van der Waals surface area contributed by atoms with Gasteiger partial charge in [-0.2, -0.15) is 0 Å². The molecule has 0 spiro atoms. The van der Waals surface area contributed by atoms with E-state index in [9.17, 15) is 5.11 Å². The maximum absolute atomic E-state index is 10.8. The van der Waals surface area contributed by atoms with E-state index < -0.39 is 12.2 Å². The fraction of sp³-hybridized carbons (Fsp3) is 0.571. The summed E-state index contributed by atoms with van der Waals surface area (Å²) in [5.41, 5.74) is 1.78. The summed E-state index contributed by atoms with van der Waals surface area (Å²) in [4.78, 5) is 0. The van der Waals surface area contributed by atoms with Crippen LogP contribution in [0.2, 0.25) is 0 Å². The molecule has 110 valence electrons. The predicted octanol–water partition coefficient (Wildman–Crippen LogP) is 2.90. The number of aliphatic hydroxyl groups excluding tert-OH is 1. The summed E-state index contributed by atoms with van der Waals surface area (Å²) >= 11 is 3.69. The molecular weight excluding hydrogens is 296 g/mol. The van der Waals surface area contributed by atoms with Crippen molar-refractivity contribution in [2.45, 2.75) is 23.2 Å². The molecule has 1 aliphatic carbocycles. The van der Waals surface area contributed by atoms with Crippen molar-refractivity contribution in [2.75, 3.05) is 25.7 Å². The lowest BCUT2D eigenvalue weighted by Crippen LogP contribution is -2.36. The summed E-state index contributed by atoms with van der Waals surface area (Å²) < 4.78 is 16.4. The molecule has 2 atom stereocenters. The molecule has 4 nitrogen and oxygen atoms in total. The van der Waals surface area contributed by atoms with Gasteiger partial charge in [0.05, 0.1) is 23.0 Å². The summed E-state index contributed by atoms with van der Waals surface area (Å²) in [5, 5.41) is 10.8. The molecule has 1 fully saturated rings. The fourth-order valence-electron chi connectivity index (χ4n) is 2.90. The molecule has 20 heavy (non-hydrogen) atoms. The minimum Gasteiger partial charge on any atom is -0.496 e. The van der Waals surface area contributed by atoms with Crippen LogP contribution in [0.5, 0.6) is 0 Å². The van der Waals surface area contributed by atoms with Crippen LogP contribution in [0.3, 0.4) is 0 Å². The van der Waals surface area contributed by atoms with Crippen LogP contribution in [0.1, 0.15) is 24.4 Å². The molecule has 2 unspecified atom stereocenters. The highest BCUT2D eigenvalue weighted by Gasteiger charge is 2.47. The summed E-state index contributed by atoms with van der Waals surface area (Å²) in [6.07, 6.45) is 0.382. The third kappa shape index (κ3) is 2.01. The number of furan rings is 1. The van der Waals surface area contributed by atoms with Crippen molar-refractivity contribution in [1.82, 2.24) is 0 Å². The molecule has 2 aliphatic rings. The Morgan fingerprint density at radius 1 is 1.35 bits per heavy atom. The van der Waals surface area contributed by atoms with E-state index in [1.54, 1.807) is 20.5 Å². The first kappa shape index (κ1) is 14.4. The van der Waals surface area contributed by atoms with Crippen molar-refractivity contribution < 1.29 is 19.0 Å². The van der Waals surface area contributed by atoms with Gasteiger partial charge in [-0.15, -0.1) is 23.5 Å². The van der Waals surface area contributed by atoms with Crippen LogP contribution < -0.4 is 0 Å². The number of hydrogen-bond donors (Lipinski definition) is 1. The van der Waals surface area contributed by atoms with E-state index in [0.29, 0.717) is 5.76 Å². The lowest BCUT2D eigenvalue weighted by atomic mass is 9.89. The molecule has 0 bridgehead atoms. The lowest BCUT2D eigenvalue weighted by molar-refractivity contribution is -0.0123. The number of ether oxygens (including phenoxy) is 2. The monoisotopic (exact) mass is 314 g/mol. The second kappa shape index (κ2) is 5.33. The van der Waals surface area contributed by atoms with Gasteiger partial charge in [0.25, 0.3) is 0 Å². The summed E-state index contributed by atoms with van der Waals surface area (Å²) in [6.45, 7) is 2.14. The first-order chi connectivity index (χ1) is 9.62. The van der Waals surface area contributed by atoms with Gasteiger partial charge in [0, 0.05) is 24.2 Å². The zero-order valence-electron chi connectivity index (χ0n) is 11.7. The van der Waals surface area contributed by atoms with Crippen LogP contribution in [-0.4, -0.2) is 41.0 Å². The van der Waals surface area contributed by atoms with E-state index in [-0.39, 0.29) is 4.08 Å². The minimum absolute atomic E-state index is 0.184. The Labute approximate surface area is 126 Å². The van der Waals surface area contributed by atoms with Gasteiger partial charge in [-0.05, 0) is 13.0 Å². The smallest absolute Gasteiger partial charge is 0.146 e. The van der Waals surface area contributed by atoms with Crippen molar-refractivity contribution >= 4 is 29.3 Å². The Morgan fingerprint density at radius 2 is 2.05 bits per heavy atom. The Hall–Kier alpha value is -0.560. The molecule has 2 heterocycles. The van der Waals surface area contributed by atoms with Crippen LogP contribution in [-0.2, 0) is 9.47 Å². The molecule has 6 heteroatoms. The summed E-state index contributed by atoms with van der Waals surface area (Å²) in [7, 11) is 3.23. The number of hydrogen-bond acceptors (Lipinski definition) is 6. The van der Waals surface area contributed by atoms with E-state index in [1.165, 1.54) is 0 Å². The van der Waals surface area contributed by atoms with Gasteiger partial charge in [0.15, 0.2) is 0 Å². The second-order valence-electron chi connectivity index (χ2n) is 4.89. The molecule has 0 radical (unpaired) electrons. The standard InChI is InChI=1S/C14H18O4S2/c1-14(19-6-7-20-14)9-10(15)13(17-3)12-8(4-5-18-12)11(9)16-2/h4-5,10,13,15H,6-7H2,1-3H3. The van der Waals surface area contributed by atoms with Gasteiger partial charge in [0.1, 0.15) is 23.7 Å². The second-order valence-corrected chi connectivity index (χ2v) is 8.17. The third-order valence-corrected chi connectivity index (χ3v) is 7.13. The van der Waals surface area contributed by atoms with Crippen molar-refractivity contribution in [1.29, 1.82) is 0 Å². The molecule has 1 aliphatic heterocycles. The maximum atomic E-state index is 10.8. The number of aliphatic hydroxyl groups is 1. The highest BCUT2D eigenvalue weighted by atomic mass is 32.2. The lowest BCUT2D eigenvalue weighted by Gasteiger charge is -2.36. The van der Waals surface area contributed by atoms with E-state index >= 15 is 0 Å². The zero-order chi connectivity index (χ0) is 14.3. The van der Waals surface area contributed by atoms with Gasteiger partial charge in [-0.1, -0.05) is 0 Å². The molecule has 1 saturated heterocycles. The van der Waals surface area contributed by atoms with E-state index in [4.69, 9.17) is 13.9 Å². The maximum Gasteiger partial charge on any atom is 0.146 e. The number of fused-ring (bicyclic) bond motifs is 1. The average Bonchev–Trinajstić information content (AvgIpc) is 3.06. The zero-order valence-corrected chi connectivity index (χ0v) is 13.3. The predicted molar refractivity (Wildman–Crippen MR) is 81.7 cm³/mol. The van der Waals surface area contributed by atoms with Crippen molar-refractivity contribution in [3.8, 4) is 0 Å². The van der Waals surface area contributed by atoms with E-state index in [0.717, 1.165) is 28.4 Å². The summed E-state index contributed by atoms with van der Waals surface area (Å²) in [5.74, 6) is 3.50. The van der Waals surface area contributed by atoms with Crippen LogP contribution in [0.25, 0.3) is 5.76 Å². The summed E-state index contributed by atoms with van der Waals surface area (Å²) in [6, 6.07) is 1.87. The van der Waals surface area contributed by atoms with Crippen LogP contribution in [0.15, 0.2) is 22.3 Å². The van der Waals surface area contributed by atoms with Crippen molar-refractivity contribution in [2.24, 2.45) is 0 Å². The van der Waals surface area contributed by atoms with Crippen molar-refractivity contribution in [3.63, 3.8) is 0 Å². The van der Waals surface area contributed by atoms with E-state index in [1.807, 2.05) is 29.6 Å². The van der Waals surface area contributed by atoms with Gasteiger partial charge in [-0.25, -0.2) is 0 Å². The molecule has 3 rings (SSSR count). The number of rotatable bonds is 3. The average molecular weight is 314 g/mol. The van der Waals surface area contributed by atoms with Crippen molar-refractivity contribution in [3.05, 3.63) is 29.2 Å². The van der Waals surface area contributed by atoms with Gasteiger partial charge in [0.2, 0.25) is 0 Å². The minimum atomic E-state index is -0.753. The van der Waals surface area contributed by atoms with Crippen LogP contribution >= 0.6 is 23.5 Å². The highest BCUT2D eigenvalue weighted by Crippen LogP contribution is 2.55. The number of methoxy groups -OCH3 is 2.